The van der Waals surface area contributed by atoms with E-state index in [0.29, 0.717) is 34.5 Å². The summed E-state index contributed by atoms with van der Waals surface area (Å²) in [6.45, 7) is 7.48. The van der Waals surface area contributed by atoms with Gasteiger partial charge in [0.2, 0.25) is 5.91 Å². The highest BCUT2D eigenvalue weighted by Crippen LogP contribution is 2.34. The zero-order valence-corrected chi connectivity index (χ0v) is 16.7. The Morgan fingerprint density at radius 1 is 1.21 bits per heavy atom. The van der Waals surface area contributed by atoms with Gasteiger partial charge in [0.05, 0.1) is 17.3 Å². The van der Waals surface area contributed by atoms with Crippen LogP contribution in [0.25, 0.3) is 10.9 Å². The van der Waals surface area contributed by atoms with E-state index in [4.69, 9.17) is 11.6 Å². The first-order valence-electron chi connectivity index (χ1n) is 9.03. The molecule has 0 spiro atoms. The number of fused-ring (bicyclic) bond motifs is 1. The number of anilines is 1. The molecule has 1 unspecified atom stereocenters. The summed E-state index contributed by atoms with van der Waals surface area (Å²) < 4.78 is 14.0. The Morgan fingerprint density at radius 2 is 1.93 bits per heavy atom. The fraction of sp³-hybridized carbons (Fsp3) is 0.217. The van der Waals surface area contributed by atoms with E-state index in [1.54, 1.807) is 12.1 Å². The number of nitrogens with zero attached hydrogens (tertiary/aromatic N) is 1. The summed E-state index contributed by atoms with van der Waals surface area (Å²) >= 11 is 6.07. The molecule has 3 aromatic rings. The summed E-state index contributed by atoms with van der Waals surface area (Å²) in [5, 5.41) is 4.06. The molecule has 0 saturated heterocycles. The van der Waals surface area contributed by atoms with E-state index in [1.807, 2.05) is 44.2 Å². The van der Waals surface area contributed by atoms with Crippen molar-refractivity contribution in [3.8, 4) is 0 Å². The first-order chi connectivity index (χ1) is 13.3. The van der Waals surface area contributed by atoms with Crippen LogP contribution < -0.4 is 5.32 Å². The summed E-state index contributed by atoms with van der Waals surface area (Å²) in [4.78, 5) is 17.4. The first kappa shape index (κ1) is 20.0. The molecule has 0 saturated carbocycles. The van der Waals surface area contributed by atoms with Gasteiger partial charge < -0.3 is 5.32 Å². The quantitative estimate of drug-likeness (QED) is 0.554. The second kappa shape index (κ2) is 8.11. The van der Waals surface area contributed by atoms with Crippen molar-refractivity contribution >= 4 is 34.1 Å². The number of nitrogens with one attached hydrogen (secondary N) is 1. The molecular formula is C23H22ClFN2O. The van der Waals surface area contributed by atoms with Gasteiger partial charge in [-0.25, -0.2) is 4.39 Å². The molecule has 0 aliphatic heterocycles. The predicted molar refractivity (Wildman–Crippen MR) is 113 cm³/mol. The maximum Gasteiger partial charge on any atom is 0.231 e. The highest BCUT2D eigenvalue weighted by molar-refractivity contribution is 6.29. The number of carbonyl (C=O) groups is 1. The predicted octanol–water partition coefficient (Wildman–Crippen LogP) is 6.01. The van der Waals surface area contributed by atoms with Crippen molar-refractivity contribution in [1.29, 1.82) is 0 Å². The number of carbonyl (C=O) groups excluding carboxylic acids is 1. The average Bonchev–Trinajstić information content (AvgIpc) is 2.64. The normalized spacial score (nSPS) is 13.1. The second-order valence-corrected chi connectivity index (χ2v) is 7.84. The topological polar surface area (TPSA) is 42.0 Å². The number of hydrogen-bond donors (Lipinski definition) is 1. The van der Waals surface area contributed by atoms with Crippen LogP contribution in [0.1, 0.15) is 24.5 Å². The minimum absolute atomic E-state index is 0.182. The van der Waals surface area contributed by atoms with Crippen LogP contribution in [0, 0.1) is 18.2 Å². The molecule has 1 heterocycles. The van der Waals surface area contributed by atoms with E-state index in [9.17, 15) is 9.18 Å². The minimum Gasteiger partial charge on any atom is -0.324 e. The summed E-state index contributed by atoms with van der Waals surface area (Å²) in [5.41, 5.74) is 1.86. The zero-order chi connectivity index (χ0) is 20.3. The number of halogens is 2. The number of hydrogen-bond acceptors (Lipinski definition) is 2. The SMILES string of the molecule is C=C(Cl)CC(C)(Cc1ccccc1)C(=O)Nc1cnc2c(F)cccc2c1C. The average molecular weight is 397 g/mol. The van der Waals surface area contributed by atoms with Crippen molar-refractivity contribution < 1.29 is 9.18 Å². The lowest BCUT2D eigenvalue weighted by Crippen LogP contribution is -2.36. The number of aryl methyl sites for hydroxylation is 1. The van der Waals surface area contributed by atoms with Crippen LogP contribution in [0.2, 0.25) is 0 Å². The molecule has 3 nitrogen and oxygen atoms in total. The molecule has 0 bridgehead atoms. The van der Waals surface area contributed by atoms with Crippen LogP contribution in [0.5, 0.6) is 0 Å². The van der Waals surface area contributed by atoms with Crippen LogP contribution in [-0.4, -0.2) is 10.9 Å². The summed E-state index contributed by atoms with van der Waals surface area (Å²) in [5.74, 6) is -0.565. The molecule has 144 valence electrons. The van der Waals surface area contributed by atoms with Crippen LogP contribution >= 0.6 is 11.6 Å². The highest BCUT2D eigenvalue weighted by atomic mass is 35.5. The van der Waals surface area contributed by atoms with Crippen molar-refractivity contribution in [1.82, 2.24) is 4.98 Å². The van der Waals surface area contributed by atoms with Gasteiger partial charge in [0.25, 0.3) is 0 Å². The van der Waals surface area contributed by atoms with E-state index >= 15 is 0 Å². The lowest BCUT2D eigenvalue weighted by Gasteiger charge is -2.28. The Balaban J connectivity index is 1.92. The fourth-order valence-electron chi connectivity index (χ4n) is 3.41. The van der Waals surface area contributed by atoms with Gasteiger partial charge in [0.15, 0.2) is 0 Å². The summed E-state index contributed by atoms with van der Waals surface area (Å²) in [7, 11) is 0. The van der Waals surface area contributed by atoms with Crippen LogP contribution in [0.15, 0.2) is 66.3 Å². The monoisotopic (exact) mass is 396 g/mol. The number of pyridine rings is 1. The van der Waals surface area contributed by atoms with Crippen LogP contribution in [0.3, 0.4) is 0 Å². The smallest absolute Gasteiger partial charge is 0.231 e. The van der Waals surface area contributed by atoms with Crippen molar-refractivity contribution in [2.45, 2.75) is 26.7 Å². The van der Waals surface area contributed by atoms with Crippen molar-refractivity contribution in [2.75, 3.05) is 5.32 Å². The van der Waals surface area contributed by atoms with E-state index in [0.717, 1.165) is 11.1 Å². The van der Waals surface area contributed by atoms with E-state index in [1.165, 1.54) is 12.3 Å². The Labute approximate surface area is 169 Å². The molecule has 0 aliphatic rings. The largest absolute Gasteiger partial charge is 0.324 e. The molecule has 1 atom stereocenters. The zero-order valence-electron chi connectivity index (χ0n) is 15.9. The number of benzene rings is 2. The van der Waals surface area contributed by atoms with Gasteiger partial charge in [-0.05, 0) is 37.0 Å². The van der Waals surface area contributed by atoms with Gasteiger partial charge in [-0.1, -0.05) is 67.6 Å². The van der Waals surface area contributed by atoms with Crippen LogP contribution in [0.4, 0.5) is 10.1 Å². The number of amides is 1. The molecule has 3 rings (SSSR count). The number of allylic oxidation sites excluding steroid dienone is 1. The third-order valence-corrected chi connectivity index (χ3v) is 5.07. The summed E-state index contributed by atoms with van der Waals surface area (Å²) in [6.07, 6.45) is 2.35. The molecule has 1 amide bonds. The molecule has 0 aliphatic carbocycles. The maximum atomic E-state index is 14.0. The van der Waals surface area contributed by atoms with Crippen molar-refractivity contribution in [2.24, 2.45) is 5.41 Å². The Kier molecular flexibility index (Phi) is 5.80. The van der Waals surface area contributed by atoms with Gasteiger partial charge in [-0.3, -0.25) is 9.78 Å². The number of para-hydroxylation sites is 1. The number of aromatic nitrogens is 1. The minimum atomic E-state index is -0.788. The third kappa shape index (κ3) is 4.23. The summed E-state index contributed by atoms with van der Waals surface area (Å²) in [6, 6.07) is 14.6. The maximum absolute atomic E-state index is 14.0. The standard InChI is InChI=1S/C23H22ClFN2O/c1-15(24)12-23(3,13-17-8-5-4-6-9-17)22(28)27-20-14-26-21-18(16(20)2)10-7-11-19(21)25/h4-11,14H,1,12-13H2,2-3H3,(H,27,28). The lowest BCUT2D eigenvalue weighted by atomic mass is 9.79. The number of rotatable bonds is 6. The van der Waals surface area contributed by atoms with Crippen LogP contribution in [-0.2, 0) is 11.2 Å². The lowest BCUT2D eigenvalue weighted by molar-refractivity contribution is -0.124. The highest BCUT2D eigenvalue weighted by Gasteiger charge is 2.34. The van der Waals surface area contributed by atoms with E-state index in [2.05, 4.69) is 16.9 Å². The van der Waals surface area contributed by atoms with E-state index in [-0.39, 0.29) is 11.7 Å². The fourth-order valence-corrected chi connectivity index (χ4v) is 3.71. The van der Waals surface area contributed by atoms with E-state index < -0.39 is 5.41 Å². The Bertz CT molecular complexity index is 1040. The van der Waals surface area contributed by atoms with Gasteiger partial charge >= 0.3 is 0 Å². The molecule has 28 heavy (non-hydrogen) atoms. The van der Waals surface area contributed by atoms with Gasteiger partial charge in [-0.2, -0.15) is 0 Å². The van der Waals surface area contributed by atoms with Gasteiger partial charge in [0, 0.05) is 10.4 Å². The molecule has 0 radical (unpaired) electrons. The Hall–Kier alpha value is -2.72. The molecular weight excluding hydrogens is 375 g/mol. The molecule has 2 aromatic carbocycles. The molecule has 1 aromatic heterocycles. The molecule has 1 N–H and O–H groups in total. The van der Waals surface area contributed by atoms with Crippen molar-refractivity contribution in [3.63, 3.8) is 0 Å². The van der Waals surface area contributed by atoms with Crippen molar-refractivity contribution in [3.05, 3.63) is 83.3 Å². The van der Waals surface area contributed by atoms with Gasteiger partial charge in [-0.15, -0.1) is 0 Å². The first-order valence-corrected chi connectivity index (χ1v) is 9.40. The second-order valence-electron chi connectivity index (χ2n) is 7.30. The Morgan fingerprint density at radius 3 is 2.61 bits per heavy atom. The molecule has 0 fully saturated rings. The third-order valence-electron chi connectivity index (χ3n) is 4.93. The molecule has 5 heteroatoms. The van der Waals surface area contributed by atoms with Gasteiger partial charge in [0.1, 0.15) is 11.3 Å².